The van der Waals surface area contributed by atoms with Crippen LogP contribution in [0.1, 0.15) is 11.1 Å². The molecule has 0 radical (unpaired) electrons. The molecule has 8 aromatic rings. The Labute approximate surface area is 317 Å². The van der Waals surface area contributed by atoms with E-state index in [4.69, 9.17) is 23.2 Å². The highest BCUT2D eigenvalue weighted by Gasteiger charge is 2.11. The van der Waals surface area contributed by atoms with Gasteiger partial charge in [-0.15, -0.1) is 0 Å². The Bertz CT molecular complexity index is 2430. The lowest BCUT2D eigenvalue weighted by Gasteiger charge is -2.08. The molecule has 0 aliphatic carbocycles. The van der Waals surface area contributed by atoms with Crippen LogP contribution in [0.3, 0.4) is 0 Å². The lowest BCUT2D eigenvalue weighted by Crippen LogP contribution is -2.15. The van der Waals surface area contributed by atoms with Crippen LogP contribution in [0.15, 0.2) is 134 Å². The minimum Gasteiger partial charge on any atom is -0.324 e. The Kier molecular flexibility index (Phi) is 10.7. The minimum atomic E-state index is -0.803. The van der Waals surface area contributed by atoms with Crippen LogP contribution in [-0.2, 0) is 22.4 Å². The second-order valence-corrected chi connectivity index (χ2v) is 12.9. The van der Waals surface area contributed by atoms with Crippen molar-refractivity contribution >= 4 is 57.7 Å². The maximum Gasteiger partial charge on any atom is 0.228 e. The normalized spacial score (nSPS) is 10.9. The maximum atomic E-state index is 13.6. The summed E-state index contributed by atoms with van der Waals surface area (Å²) in [7, 11) is 0. The molecule has 2 N–H and O–H groups in total. The lowest BCUT2D eigenvalue weighted by atomic mass is 10.0. The van der Waals surface area contributed by atoms with Crippen molar-refractivity contribution < 1.29 is 18.4 Å². The quantitative estimate of drug-likeness (QED) is 0.160. The maximum absolute atomic E-state index is 13.6. The van der Waals surface area contributed by atoms with Crippen LogP contribution in [-0.4, -0.2) is 41.0 Å². The average molecular weight is 762 g/mol. The monoisotopic (exact) mass is 760 g/mol. The van der Waals surface area contributed by atoms with Gasteiger partial charge in [-0.1, -0.05) is 71.7 Å². The third kappa shape index (κ3) is 8.75. The van der Waals surface area contributed by atoms with Gasteiger partial charge in [0.15, 0.2) is 11.3 Å². The van der Waals surface area contributed by atoms with E-state index >= 15 is 0 Å². The third-order valence-corrected chi connectivity index (χ3v) is 8.82. The van der Waals surface area contributed by atoms with Gasteiger partial charge in [0.25, 0.3) is 0 Å². The van der Waals surface area contributed by atoms with E-state index < -0.39 is 11.6 Å². The molecule has 4 aromatic heterocycles. The molecule has 0 aliphatic heterocycles. The molecule has 0 saturated carbocycles. The van der Waals surface area contributed by atoms with Crippen molar-refractivity contribution in [3.8, 4) is 22.3 Å². The Balaban J connectivity index is 0.000000167. The number of carbonyl (C=O) groups is 2. The van der Waals surface area contributed by atoms with Crippen LogP contribution in [0, 0.1) is 11.6 Å². The van der Waals surface area contributed by atoms with E-state index in [9.17, 15) is 18.4 Å². The molecule has 2 amide bonds. The number of nitrogens with one attached hydrogen (secondary N) is 2. The van der Waals surface area contributed by atoms with Crippen molar-refractivity contribution in [3.05, 3.63) is 167 Å². The number of amides is 2. The van der Waals surface area contributed by atoms with Gasteiger partial charge < -0.3 is 10.6 Å². The standard InChI is InChI=1S/C20H14Cl2N4O.C20H14F2N4O/c2*21-16-5-6-18(17(22)11-16)25-20(27)9-13-1-3-14(4-2-13)15-7-8-26-19(10-15)23-12-24-26/h2*1-8,10-12H,9H2,(H,25,27). The third-order valence-electron chi connectivity index (χ3n) is 8.28. The van der Waals surface area contributed by atoms with Crippen LogP contribution in [0.25, 0.3) is 33.5 Å². The Hall–Kier alpha value is -6.50. The molecule has 54 heavy (non-hydrogen) atoms. The van der Waals surface area contributed by atoms with Crippen LogP contribution in [0.2, 0.25) is 10.0 Å². The number of rotatable bonds is 8. The van der Waals surface area contributed by atoms with Crippen molar-refractivity contribution in [1.29, 1.82) is 0 Å². The van der Waals surface area contributed by atoms with E-state index in [1.165, 1.54) is 18.7 Å². The predicted octanol–water partition coefficient (Wildman–Crippen LogP) is 8.74. The molecule has 0 aliphatic rings. The molecule has 0 spiro atoms. The van der Waals surface area contributed by atoms with Gasteiger partial charge in [-0.05, 0) is 88.0 Å². The van der Waals surface area contributed by atoms with E-state index in [-0.39, 0.29) is 30.3 Å². The van der Waals surface area contributed by atoms with E-state index in [1.807, 2.05) is 85.2 Å². The zero-order valence-corrected chi connectivity index (χ0v) is 29.6. The first kappa shape index (κ1) is 35.9. The second-order valence-electron chi connectivity index (χ2n) is 12.0. The van der Waals surface area contributed by atoms with Crippen LogP contribution >= 0.6 is 23.2 Å². The molecule has 0 unspecified atom stereocenters. The number of fused-ring (bicyclic) bond motifs is 2. The molecule has 0 fully saturated rings. The van der Waals surface area contributed by atoms with Crippen molar-refractivity contribution in [2.75, 3.05) is 10.6 Å². The molecule has 4 heterocycles. The van der Waals surface area contributed by atoms with Crippen molar-refractivity contribution in [3.63, 3.8) is 0 Å². The van der Waals surface area contributed by atoms with E-state index in [0.717, 1.165) is 56.8 Å². The predicted molar refractivity (Wildman–Crippen MR) is 204 cm³/mol. The minimum absolute atomic E-state index is 0.0420. The number of hydrogen-bond acceptors (Lipinski definition) is 6. The number of hydrogen-bond donors (Lipinski definition) is 2. The number of nitrogens with zero attached hydrogens (tertiary/aromatic N) is 6. The SMILES string of the molecule is O=C(Cc1ccc(-c2ccn3ncnc3c2)cc1)Nc1ccc(Cl)cc1Cl.O=C(Cc1ccc(-c2ccn3ncnc3c2)cc1)Nc1ccc(F)cc1F. The first-order valence-electron chi connectivity index (χ1n) is 16.4. The summed E-state index contributed by atoms with van der Waals surface area (Å²) in [5.74, 6) is -2.01. The Morgan fingerprint density at radius 1 is 0.574 bits per heavy atom. The largest absolute Gasteiger partial charge is 0.324 e. The summed E-state index contributed by atoms with van der Waals surface area (Å²) in [6, 6.07) is 31.1. The molecule has 8 rings (SSSR count). The zero-order valence-electron chi connectivity index (χ0n) is 28.1. The fraction of sp³-hybridized carbons (Fsp3) is 0.0500. The summed E-state index contributed by atoms with van der Waals surface area (Å²) in [6.45, 7) is 0. The van der Waals surface area contributed by atoms with E-state index in [1.54, 1.807) is 27.2 Å². The molecule has 10 nitrogen and oxygen atoms in total. The van der Waals surface area contributed by atoms with E-state index in [2.05, 4.69) is 30.8 Å². The first-order chi connectivity index (χ1) is 26.2. The van der Waals surface area contributed by atoms with Crippen molar-refractivity contribution in [2.24, 2.45) is 0 Å². The Morgan fingerprint density at radius 3 is 1.57 bits per heavy atom. The summed E-state index contributed by atoms with van der Waals surface area (Å²) in [6.07, 6.45) is 7.05. The topological polar surface area (TPSA) is 119 Å². The molecule has 268 valence electrons. The molecule has 0 bridgehead atoms. The molecule has 4 aromatic carbocycles. The molecule has 14 heteroatoms. The summed E-state index contributed by atoms with van der Waals surface area (Å²) < 4.78 is 29.9. The number of halogens is 4. The molecule has 0 saturated heterocycles. The van der Waals surface area contributed by atoms with Gasteiger partial charge in [-0.3, -0.25) is 9.59 Å². The fourth-order valence-electron chi connectivity index (χ4n) is 5.56. The number of aromatic nitrogens is 6. The highest BCUT2D eigenvalue weighted by atomic mass is 35.5. The average Bonchev–Trinajstić information content (AvgIpc) is 3.84. The number of carbonyl (C=O) groups excluding carboxylic acids is 2. The van der Waals surface area contributed by atoms with Crippen molar-refractivity contribution in [1.82, 2.24) is 29.2 Å². The molecule has 0 atom stereocenters. The number of benzene rings is 4. The summed E-state index contributed by atoms with van der Waals surface area (Å²) in [5.41, 5.74) is 7.78. The molecular formula is C40H28Cl2F2N8O2. The second kappa shape index (κ2) is 16.0. The lowest BCUT2D eigenvalue weighted by molar-refractivity contribution is -0.116. The van der Waals surface area contributed by atoms with Gasteiger partial charge in [-0.25, -0.2) is 27.8 Å². The highest BCUT2D eigenvalue weighted by molar-refractivity contribution is 6.36. The van der Waals surface area contributed by atoms with Gasteiger partial charge in [0.1, 0.15) is 24.3 Å². The fourth-order valence-corrected chi connectivity index (χ4v) is 6.02. The first-order valence-corrected chi connectivity index (χ1v) is 17.2. The summed E-state index contributed by atoms with van der Waals surface area (Å²) in [5, 5.41) is 14.3. The smallest absolute Gasteiger partial charge is 0.228 e. The molecular weight excluding hydrogens is 733 g/mol. The summed E-state index contributed by atoms with van der Waals surface area (Å²) >= 11 is 12.0. The van der Waals surface area contributed by atoms with Crippen LogP contribution in [0.4, 0.5) is 20.2 Å². The van der Waals surface area contributed by atoms with Crippen molar-refractivity contribution in [2.45, 2.75) is 12.8 Å². The zero-order chi connectivity index (χ0) is 37.6. The van der Waals surface area contributed by atoms with Gasteiger partial charge in [0.05, 0.1) is 29.2 Å². The number of pyridine rings is 2. The van der Waals surface area contributed by atoms with Gasteiger partial charge in [0.2, 0.25) is 11.8 Å². The van der Waals surface area contributed by atoms with Gasteiger partial charge >= 0.3 is 0 Å². The van der Waals surface area contributed by atoms with Crippen LogP contribution < -0.4 is 10.6 Å². The van der Waals surface area contributed by atoms with Crippen LogP contribution in [0.5, 0.6) is 0 Å². The van der Waals surface area contributed by atoms with Gasteiger partial charge in [-0.2, -0.15) is 10.2 Å². The summed E-state index contributed by atoms with van der Waals surface area (Å²) in [4.78, 5) is 32.7. The highest BCUT2D eigenvalue weighted by Crippen LogP contribution is 2.26. The van der Waals surface area contributed by atoms with E-state index in [0.29, 0.717) is 15.7 Å². The van der Waals surface area contributed by atoms with Gasteiger partial charge in [0, 0.05) is 23.5 Å². The Morgan fingerprint density at radius 2 is 1.07 bits per heavy atom. The number of anilines is 2.